The number of imidazole rings is 1. The van der Waals surface area contributed by atoms with Gasteiger partial charge in [-0.3, -0.25) is 4.90 Å². The highest BCUT2D eigenvalue weighted by atomic mass is 15.3. The van der Waals surface area contributed by atoms with Crippen LogP contribution in [0.5, 0.6) is 0 Å². The van der Waals surface area contributed by atoms with Gasteiger partial charge in [-0.1, -0.05) is 6.42 Å². The Morgan fingerprint density at radius 1 is 1.09 bits per heavy atom. The molecule has 5 rings (SSSR count). The lowest BCUT2D eigenvalue weighted by Crippen LogP contribution is -2.41. The lowest BCUT2D eigenvalue weighted by molar-refractivity contribution is 0.130. The molecule has 118 valence electrons. The van der Waals surface area contributed by atoms with Gasteiger partial charge in [0.25, 0.3) is 0 Å². The zero-order valence-electron chi connectivity index (χ0n) is 13.1. The molecule has 6 heteroatoms. The molecule has 0 radical (unpaired) electrons. The Kier molecular flexibility index (Phi) is 2.97. The van der Waals surface area contributed by atoms with Crippen molar-refractivity contribution in [2.75, 3.05) is 13.1 Å². The second-order valence-corrected chi connectivity index (χ2v) is 6.56. The van der Waals surface area contributed by atoms with E-state index in [-0.39, 0.29) is 0 Å². The second kappa shape index (κ2) is 5.16. The molecule has 0 spiro atoms. The largest absolute Gasteiger partial charge is 0.327 e. The normalized spacial score (nSPS) is 19.5. The molecule has 0 atom stereocenters. The Morgan fingerprint density at radius 2 is 2.04 bits per heavy atom. The van der Waals surface area contributed by atoms with E-state index in [0.717, 1.165) is 43.3 Å². The first-order valence-electron chi connectivity index (χ1n) is 8.47. The van der Waals surface area contributed by atoms with Crippen LogP contribution in [0.3, 0.4) is 0 Å². The molecule has 0 saturated heterocycles. The number of fused-ring (bicyclic) bond motifs is 3. The minimum Gasteiger partial charge on any atom is -0.327 e. The second-order valence-electron chi connectivity index (χ2n) is 6.56. The van der Waals surface area contributed by atoms with E-state index in [1.807, 2.05) is 0 Å². The van der Waals surface area contributed by atoms with E-state index in [1.54, 1.807) is 17.3 Å². The average Bonchev–Trinajstić information content (AvgIpc) is 3.11. The predicted octanol–water partition coefficient (Wildman–Crippen LogP) is 2.03. The van der Waals surface area contributed by atoms with E-state index in [9.17, 15) is 0 Å². The van der Waals surface area contributed by atoms with Crippen LogP contribution in [0.15, 0.2) is 30.9 Å². The third-order valence-corrected chi connectivity index (χ3v) is 5.32. The van der Waals surface area contributed by atoms with Gasteiger partial charge in [0.15, 0.2) is 0 Å². The standard InChI is InChI=1S/C17H20N6/c1-2-13(3-1)21-7-6-17-20-15-10-14(23-12-18-11-19-23)4-5-16(15)22(17)9-8-21/h4-5,10-13H,1-3,6-9H2. The van der Waals surface area contributed by atoms with E-state index in [4.69, 9.17) is 4.98 Å². The van der Waals surface area contributed by atoms with Crippen LogP contribution < -0.4 is 0 Å². The molecule has 0 N–H and O–H groups in total. The molecule has 0 amide bonds. The molecule has 0 bridgehead atoms. The molecular formula is C17H20N6. The van der Waals surface area contributed by atoms with Gasteiger partial charge >= 0.3 is 0 Å². The van der Waals surface area contributed by atoms with E-state index < -0.39 is 0 Å². The molecule has 1 saturated carbocycles. The maximum absolute atomic E-state index is 4.90. The van der Waals surface area contributed by atoms with Crippen molar-refractivity contribution in [3.05, 3.63) is 36.7 Å². The van der Waals surface area contributed by atoms with Crippen molar-refractivity contribution in [1.82, 2.24) is 29.2 Å². The fourth-order valence-corrected chi connectivity index (χ4v) is 3.79. The number of hydrogen-bond acceptors (Lipinski definition) is 4. The smallest absolute Gasteiger partial charge is 0.138 e. The average molecular weight is 308 g/mol. The molecule has 3 aromatic rings. The van der Waals surface area contributed by atoms with Crippen molar-refractivity contribution in [2.24, 2.45) is 0 Å². The summed E-state index contributed by atoms with van der Waals surface area (Å²) in [5.41, 5.74) is 3.31. The fourth-order valence-electron chi connectivity index (χ4n) is 3.79. The highest BCUT2D eigenvalue weighted by molar-refractivity contribution is 5.78. The summed E-state index contributed by atoms with van der Waals surface area (Å²) >= 11 is 0. The Labute approximate surface area is 134 Å². The fraction of sp³-hybridized carbons (Fsp3) is 0.471. The summed E-state index contributed by atoms with van der Waals surface area (Å²) in [5, 5.41) is 4.20. The predicted molar refractivity (Wildman–Crippen MR) is 87.6 cm³/mol. The van der Waals surface area contributed by atoms with Gasteiger partial charge in [0.1, 0.15) is 18.5 Å². The van der Waals surface area contributed by atoms with Crippen molar-refractivity contribution in [2.45, 2.75) is 38.3 Å². The van der Waals surface area contributed by atoms with Crippen LogP contribution in [0.4, 0.5) is 0 Å². The molecule has 1 aliphatic carbocycles. The van der Waals surface area contributed by atoms with E-state index in [2.05, 4.69) is 37.7 Å². The Balaban J connectivity index is 1.48. The first-order chi connectivity index (χ1) is 11.4. The SMILES string of the molecule is c1ncn(-c2ccc3c(c2)nc2n3CCN(C3CCC3)CC2)n1. The number of hydrogen-bond donors (Lipinski definition) is 0. The van der Waals surface area contributed by atoms with Crippen LogP contribution >= 0.6 is 0 Å². The number of aromatic nitrogens is 5. The Morgan fingerprint density at radius 3 is 2.83 bits per heavy atom. The van der Waals surface area contributed by atoms with Crippen molar-refractivity contribution in [1.29, 1.82) is 0 Å². The third-order valence-electron chi connectivity index (χ3n) is 5.32. The summed E-state index contributed by atoms with van der Waals surface area (Å²) in [6.07, 6.45) is 8.48. The van der Waals surface area contributed by atoms with Crippen LogP contribution in [-0.4, -0.2) is 48.3 Å². The maximum atomic E-state index is 4.90. The number of benzene rings is 1. The summed E-state index contributed by atoms with van der Waals surface area (Å²) in [6.45, 7) is 3.34. The first-order valence-corrected chi connectivity index (χ1v) is 8.47. The topological polar surface area (TPSA) is 51.8 Å². The van der Waals surface area contributed by atoms with E-state index in [1.165, 1.54) is 30.6 Å². The molecule has 1 aromatic carbocycles. The van der Waals surface area contributed by atoms with Gasteiger partial charge in [-0.25, -0.2) is 14.6 Å². The van der Waals surface area contributed by atoms with Crippen LogP contribution in [0.25, 0.3) is 16.7 Å². The van der Waals surface area contributed by atoms with Gasteiger partial charge in [0.2, 0.25) is 0 Å². The third kappa shape index (κ3) is 2.16. The van der Waals surface area contributed by atoms with Crippen molar-refractivity contribution in [3.63, 3.8) is 0 Å². The van der Waals surface area contributed by atoms with Crippen LogP contribution in [0, 0.1) is 0 Å². The van der Waals surface area contributed by atoms with Gasteiger partial charge in [0.05, 0.1) is 16.7 Å². The minimum absolute atomic E-state index is 0.824. The first kappa shape index (κ1) is 13.2. The molecule has 23 heavy (non-hydrogen) atoms. The molecular weight excluding hydrogens is 288 g/mol. The summed E-state index contributed by atoms with van der Waals surface area (Å²) < 4.78 is 4.18. The van der Waals surface area contributed by atoms with Gasteiger partial charge in [0, 0.05) is 32.1 Å². The van der Waals surface area contributed by atoms with Gasteiger partial charge in [-0.2, -0.15) is 5.10 Å². The lowest BCUT2D eigenvalue weighted by atomic mass is 9.91. The molecule has 2 aliphatic rings. The lowest BCUT2D eigenvalue weighted by Gasteiger charge is -2.36. The minimum atomic E-state index is 0.824. The molecule has 0 unspecified atom stereocenters. The molecule has 1 aliphatic heterocycles. The number of nitrogens with zero attached hydrogens (tertiary/aromatic N) is 6. The molecule has 2 aromatic heterocycles. The monoisotopic (exact) mass is 308 g/mol. The maximum Gasteiger partial charge on any atom is 0.138 e. The van der Waals surface area contributed by atoms with Crippen molar-refractivity contribution < 1.29 is 0 Å². The Hall–Kier alpha value is -2.21. The zero-order chi connectivity index (χ0) is 15.2. The summed E-state index contributed by atoms with van der Waals surface area (Å²) in [5.74, 6) is 1.22. The zero-order valence-corrected chi connectivity index (χ0v) is 13.1. The van der Waals surface area contributed by atoms with Gasteiger partial charge < -0.3 is 4.57 Å². The molecule has 3 heterocycles. The van der Waals surface area contributed by atoms with Crippen LogP contribution in [0.1, 0.15) is 25.1 Å². The Bertz CT molecular complexity index is 830. The van der Waals surface area contributed by atoms with Crippen molar-refractivity contribution in [3.8, 4) is 5.69 Å². The summed E-state index contributed by atoms with van der Waals surface area (Å²) in [7, 11) is 0. The quantitative estimate of drug-likeness (QED) is 0.727. The van der Waals surface area contributed by atoms with E-state index >= 15 is 0 Å². The highest BCUT2D eigenvalue weighted by Gasteiger charge is 2.27. The van der Waals surface area contributed by atoms with Gasteiger partial charge in [-0.05, 0) is 31.0 Å². The van der Waals surface area contributed by atoms with Crippen LogP contribution in [-0.2, 0) is 13.0 Å². The molecule has 1 fully saturated rings. The molecule has 6 nitrogen and oxygen atoms in total. The van der Waals surface area contributed by atoms with Crippen molar-refractivity contribution >= 4 is 11.0 Å². The van der Waals surface area contributed by atoms with Gasteiger partial charge in [-0.15, -0.1) is 0 Å². The van der Waals surface area contributed by atoms with E-state index in [0.29, 0.717) is 0 Å². The van der Waals surface area contributed by atoms with Crippen LogP contribution in [0.2, 0.25) is 0 Å². The number of rotatable bonds is 2. The summed E-state index contributed by atoms with van der Waals surface area (Å²) in [6, 6.07) is 7.20. The highest BCUT2D eigenvalue weighted by Crippen LogP contribution is 2.27. The summed E-state index contributed by atoms with van der Waals surface area (Å²) in [4.78, 5) is 11.6.